The van der Waals surface area contributed by atoms with Crippen molar-refractivity contribution in [2.45, 2.75) is 64.9 Å². The molecule has 36 heavy (non-hydrogen) atoms. The molecule has 0 N–H and O–H groups in total. The van der Waals surface area contributed by atoms with Crippen molar-refractivity contribution in [3.8, 4) is 5.82 Å². The number of carbonyl (C=O) groups excluding carboxylic acids is 1. The lowest BCUT2D eigenvalue weighted by molar-refractivity contribution is 0.0167. The molecule has 1 amide bonds. The van der Waals surface area contributed by atoms with Gasteiger partial charge in [-0.05, 0) is 39.3 Å². The molecule has 0 fully saturated rings. The van der Waals surface area contributed by atoms with Gasteiger partial charge >= 0.3 is 0 Å². The van der Waals surface area contributed by atoms with Gasteiger partial charge in [-0.25, -0.2) is 18.4 Å². The summed E-state index contributed by atoms with van der Waals surface area (Å²) in [4.78, 5) is 23.1. The second-order valence-electron chi connectivity index (χ2n) is 8.28. The van der Waals surface area contributed by atoms with Crippen molar-refractivity contribution >= 4 is 21.4 Å². The third-order valence-electron chi connectivity index (χ3n) is 5.27. The lowest BCUT2D eigenvalue weighted by Crippen LogP contribution is -2.42. The van der Waals surface area contributed by atoms with E-state index in [0.29, 0.717) is 6.42 Å². The molecule has 0 aliphatic heterocycles. The monoisotopic (exact) mass is 529 g/mol. The molecule has 0 spiro atoms. The lowest BCUT2D eigenvalue weighted by atomic mass is 10.1. The molecule has 3 atom stereocenters. The van der Waals surface area contributed by atoms with Crippen LogP contribution in [0.25, 0.3) is 5.82 Å². The number of pyridine rings is 1. The van der Waals surface area contributed by atoms with Crippen LogP contribution in [0.3, 0.4) is 0 Å². The zero-order valence-corrected chi connectivity index (χ0v) is 22.1. The third-order valence-corrected chi connectivity index (χ3v) is 5.60. The van der Waals surface area contributed by atoms with E-state index in [4.69, 9.17) is 4.74 Å². The Bertz CT molecular complexity index is 1070. The summed E-state index contributed by atoms with van der Waals surface area (Å²) in [5.74, 6) is -3.59. The number of aromatic nitrogens is 3. The van der Waals surface area contributed by atoms with Crippen molar-refractivity contribution in [2.24, 2.45) is 4.99 Å². The number of carbonyl (C=O) groups is 1. The van der Waals surface area contributed by atoms with Gasteiger partial charge in [0, 0.05) is 49.4 Å². The van der Waals surface area contributed by atoms with E-state index >= 15 is 0 Å². The van der Waals surface area contributed by atoms with E-state index in [9.17, 15) is 22.4 Å². The van der Waals surface area contributed by atoms with E-state index in [2.05, 4.69) is 15.1 Å². The molecule has 2 heterocycles. The van der Waals surface area contributed by atoms with Gasteiger partial charge in [0.15, 0.2) is 5.82 Å². The Hall–Kier alpha value is -2.65. The molecule has 0 radical (unpaired) electrons. The number of hydrogen-bond donors (Lipinski definition) is 0. The van der Waals surface area contributed by atoms with Gasteiger partial charge in [0.25, 0.3) is 17.5 Å². The van der Waals surface area contributed by atoms with Crippen LogP contribution in [-0.4, -0.2) is 62.9 Å². The molecule has 0 saturated heterocycles. The van der Waals surface area contributed by atoms with Gasteiger partial charge in [-0.2, -0.15) is 13.9 Å². The van der Waals surface area contributed by atoms with Crippen LogP contribution in [0.5, 0.6) is 0 Å². The number of allylic oxidation sites excluding steroid dienone is 2. The quantitative estimate of drug-likeness (QED) is 0.208. The predicted molar refractivity (Wildman–Crippen MR) is 134 cm³/mol. The van der Waals surface area contributed by atoms with Crippen LogP contribution < -0.4 is 0 Å². The number of hydrogen-bond acceptors (Lipinski definition) is 5. The summed E-state index contributed by atoms with van der Waals surface area (Å²) in [6.07, 6.45) is 6.20. The molecular weight excluding hydrogens is 497 g/mol. The molecule has 0 saturated carbocycles. The van der Waals surface area contributed by atoms with Crippen LogP contribution in [0.2, 0.25) is 0 Å². The van der Waals surface area contributed by atoms with Crippen molar-refractivity contribution in [1.29, 1.82) is 0 Å². The Labute approximate surface area is 210 Å². The number of likely N-dealkylation sites (N-methyl/N-ethyl adjacent to an activating group) is 1. The van der Waals surface area contributed by atoms with Gasteiger partial charge in [0.05, 0.1) is 18.2 Å². The largest absolute Gasteiger partial charge is 0.355 e. The van der Waals surface area contributed by atoms with Crippen LogP contribution in [0.15, 0.2) is 47.4 Å². The first-order chi connectivity index (χ1) is 16.8. The second-order valence-corrected chi connectivity index (χ2v) is 9.00. The maximum absolute atomic E-state index is 14.0. The molecule has 2 aromatic rings. The Balaban J connectivity index is 2.22. The second kappa shape index (κ2) is 12.5. The summed E-state index contributed by atoms with van der Waals surface area (Å²) in [7, 11) is 1.48. The van der Waals surface area contributed by atoms with Crippen LogP contribution in [0, 0.1) is 0 Å². The number of ether oxygens (including phenoxy) is 1. The smallest absolute Gasteiger partial charge is 0.285 e. The van der Waals surface area contributed by atoms with E-state index in [1.54, 1.807) is 40.0 Å². The van der Waals surface area contributed by atoms with Gasteiger partial charge in [-0.3, -0.25) is 9.79 Å². The Kier molecular flexibility index (Phi) is 10.3. The highest BCUT2D eigenvalue weighted by molar-refractivity contribution is 7.18. The summed E-state index contributed by atoms with van der Waals surface area (Å²) in [5.41, 5.74) is -3.78. The fourth-order valence-electron chi connectivity index (χ4n) is 3.33. The standard InChI is InChI=1S/C24H32F4N5O2P/c1-6-9-18(24(27,28)36)13-29-17(4)35-15-16(3)32(7-2)22(34)20-12-19(23(5,25)26)14-30-21(20)33-11-8-10-31-33/h8-14,16-17H,6-7,15,36H2,1-5H3/b18-9+,29-13-/t16-,17?/m0/s1. The van der Waals surface area contributed by atoms with Gasteiger partial charge in [-0.1, -0.05) is 22.2 Å². The van der Waals surface area contributed by atoms with Gasteiger partial charge in [0.1, 0.15) is 6.23 Å². The van der Waals surface area contributed by atoms with E-state index in [1.807, 2.05) is 0 Å². The summed E-state index contributed by atoms with van der Waals surface area (Å²) in [6, 6.07) is 2.27. The molecule has 198 valence electrons. The van der Waals surface area contributed by atoms with Crippen LogP contribution in [0.4, 0.5) is 17.6 Å². The zero-order valence-electron chi connectivity index (χ0n) is 21.0. The lowest BCUT2D eigenvalue weighted by Gasteiger charge is -2.29. The average Bonchev–Trinajstić information content (AvgIpc) is 3.33. The topological polar surface area (TPSA) is 72.6 Å². The molecule has 0 aliphatic carbocycles. The maximum atomic E-state index is 14.0. The Morgan fingerprint density at radius 1 is 1.31 bits per heavy atom. The normalized spacial score (nSPS) is 14.8. The zero-order chi connectivity index (χ0) is 27.1. The highest BCUT2D eigenvalue weighted by Crippen LogP contribution is 2.31. The molecule has 2 rings (SSSR count). The Morgan fingerprint density at radius 3 is 2.53 bits per heavy atom. The highest BCUT2D eigenvalue weighted by Gasteiger charge is 2.30. The van der Waals surface area contributed by atoms with Crippen molar-refractivity contribution in [1.82, 2.24) is 19.7 Å². The molecule has 7 nitrogen and oxygen atoms in total. The first-order valence-electron chi connectivity index (χ1n) is 11.5. The summed E-state index contributed by atoms with van der Waals surface area (Å²) in [6.45, 7) is 7.85. The highest BCUT2D eigenvalue weighted by atomic mass is 31.0. The van der Waals surface area contributed by atoms with Gasteiger partial charge in [-0.15, -0.1) is 0 Å². The fraction of sp³-hybridized carbons (Fsp3) is 0.500. The predicted octanol–water partition coefficient (Wildman–Crippen LogP) is 5.47. The molecule has 2 aromatic heterocycles. The molecule has 2 unspecified atom stereocenters. The number of halogens is 4. The number of rotatable bonds is 12. The summed E-state index contributed by atoms with van der Waals surface area (Å²) < 4.78 is 62.3. The Morgan fingerprint density at radius 2 is 2.00 bits per heavy atom. The van der Waals surface area contributed by atoms with Gasteiger partial charge < -0.3 is 9.64 Å². The van der Waals surface area contributed by atoms with Crippen LogP contribution in [-0.2, 0) is 10.7 Å². The molecule has 0 bridgehead atoms. The number of amides is 1. The van der Waals surface area contributed by atoms with Crippen molar-refractivity contribution in [2.75, 3.05) is 13.2 Å². The minimum Gasteiger partial charge on any atom is -0.355 e. The first kappa shape index (κ1) is 29.6. The van der Waals surface area contributed by atoms with Gasteiger partial charge in [0.2, 0.25) is 0 Å². The molecular formula is C24H32F4N5O2P. The third kappa shape index (κ3) is 7.93. The van der Waals surface area contributed by atoms with E-state index in [-0.39, 0.29) is 30.1 Å². The van der Waals surface area contributed by atoms with Crippen LogP contribution >= 0.6 is 9.24 Å². The van der Waals surface area contributed by atoms with E-state index in [1.165, 1.54) is 31.1 Å². The molecule has 12 heteroatoms. The van der Waals surface area contributed by atoms with Crippen LogP contribution in [0.1, 0.15) is 57.0 Å². The minimum atomic E-state index is -3.19. The van der Waals surface area contributed by atoms with Crippen molar-refractivity contribution < 1.29 is 27.1 Å². The fourth-order valence-corrected chi connectivity index (χ4v) is 3.53. The van der Waals surface area contributed by atoms with Crippen molar-refractivity contribution in [3.05, 3.63) is 53.5 Å². The first-order valence-corrected chi connectivity index (χ1v) is 12.1. The SMILES string of the molecule is CC/C=C(\C=N/C(C)OC[C@H](C)N(CC)C(=O)c1cc(C(C)(F)F)cnc1-n1cccn1)C(F)(F)P. The maximum Gasteiger partial charge on any atom is 0.285 e. The average molecular weight is 530 g/mol. The summed E-state index contributed by atoms with van der Waals surface area (Å²) in [5, 5.41) is 4.07. The number of nitrogens with zero attached hydrogens (tertiary/aromatic N) is 5. The number of alkyl halides is 4. The van der Waals surface area contributed by atoms with E-state index in [0.717, 1.165) is 25.4 Å². The van der Waals surface area contributed by atoms with E-state index < -0.39 is 35.3 Å². The minimum absolute atomic E-state index is 0.0329. The summed E-state index contributed by atoms with van der Waals surface area (Å²) >= 11 is 0. The molecule has 0 aliphatic rings. The van der Waals surface area contributed by atoms with Crippen molar-refractivity contribution in [3.63, 3.8) is 0 Å². The molecule has 0 aromatic carbocycles. The number of aliphatic imine (C=N–C) groups is 1.